The molecular formula is C31H31ClN2. The maximum atomic E-state index is 6.21. The lowest BCUT2D eigenvalue weighted by Gasteiger charge is -2.27. The average Bonchev–Trinajstić information content (AvgIpc) is 2.87. The molecule has 3 heteroatoms. The largest absolute Gasteiger partial charge is 0.370 e. The molecule has 0 bridgehead atoms. The van der Waals surface area contributed by atoms with Crippen molar-refractivity contribution in [1.82, 2.24) is 0 Å². The number of hydrogen-bond acceptors (Lipinski definition) is 2. The van der Waals surface area contributed by atoms with Crippen molar-refractivity contribution in [3.8, 4) is 0 Å². The highest BCUT2D eigenvalue weighted by Gasteiger charge is 2.20. The van der Waals surface area contributed by atoms with Gasteiger partial charge in [0.2, 0.25) is 0 Å². The van der Waals surface area contributed by atoms with E-state index in [0.29, 0.717) is 0 Å². The Kier molecular flexibility index (Phi) is 7.82. The molecule has 0 aromatic heterocycles. The fraction of sp³-hybridized carbons (Fsp3) is 0.194. The highest BCUT2D eigenvalue weighted by atomic mass is 35.5. The molecule has 0 saturated carbocycles. The van der Waals surface area contributed by atoms with Crippen LogP contribution in [0.1, 0.15) is 40.7 Å². The highest BCUT2D eigenvalue weighted by molar-refractivity contribution is 6.30. The van der Waals surface area contributed by atoms with Gasteiger partial charge in [0.15, 0.2) is 0 Å². The number of halogens is 1. The number of benzene rings is 4. The summed E-state index contributed by atoms with van der Waals surface area (Å²) in [4.78, 5) is 6.75. The summed E-state index contributed by atoms with van der Waals surface area (Å²) in [5, 5.41) is 0.747. The third kappa shape index (κ3) is 5.58. The molecule has 4 rings (SSSR count). The smallest absolute Gasteiger partial charge is 0.0855 e. The van der Waals surface area contributed by atoms with E-state index >= 15 is 0 Å². The Bertz CT molecular complexity index is 1170. The Morgan fingerprint density at radius 3 is 2.06 bits per heavy atom. The summed E-state index contributed by atoms with van der Waals surface area (Å²) >= 11 is 6.21. The van der Waals surface area contributed by atoms with E-state index in [1.54, 1.807) is 0 Å². The molecule has 1 atom stereocenters. The van der Waals surface area contributed by atoms with Crippen molar-refractivity contribution >= 4 is 29.7 Å². The van der Waals surface area contributed by atoms with Gasteiger partial charge < -0.3 is 4.90 Å². The van der Waals surface area contributed by atoms with Gasteiger partial charge in [-0.05, 0) is 73.5 Å². The molecule has 0 radical (unpaired) electrons. The minimum absolute atomic E-state index is 0.100. The summed E-state index contributed by atoms with van der Waals surface area (Å²) in [5.41, 5.74) is 8.32. The average molecular weight is 467 g/mol. The van der Waals surface area contributed by atoms with E-state index in [0.717, 1.165) is 35.9 Å². The van der Waals surface area contributed by atoms with Gasteiger partial charge in [-0.15, -0.1) is 0 Å². The van der Waals surface area contributed by atoms with Crippen LogP contribution in [0.4, 0.5) is 11.4 Å². The van der Waals surface area contributed by atoms with Crippen molar-refractivity contribution in [3.05, 3.63) is 130 Å². The number of hydrogen-bond donors (Lipinski definition) is 0. The van der Waals surface area contributed by atoms with Crippen LogP contribution in [-0.2, 0) is 6.42 Å². The van der Waals surface area contributed by atoms with Crippen LogP contribution in [0.5, 0.6) is 0 Å². The molecular weight excluding hydrogens is 436 g/mol. The predicted octanol–water partition coefficient (Wildman–Crippen LogP) is 8.23. The summed E-state index contributed by atoms with van der Waals surface area (Å²) in [7, 11) is 0. The molecule has 2 nitrogen and oxygen atoms in total. The number of likely N-dealkylation sites (N-methyl/N-ethyl adjacent to an activating group) is 1. The second-order valence-electron chi connectivity index (χ2n) is 8.62. The number of aliphatic imine (C=N–C) groups is 1. The summed E-state index contributed by atoms with van der Waals surface area (Å²) in [6, 6.07) is 34.2. The topological polar surface area (TPSA) is 15.6 Å². The van der Waals surface area contributed by atoms with Gasteiger partial charge in [0.05, 0.1) is 11.4 Å². The second kappa shape index (κ2) is 11.2. The molecule has 0 fully saturated rings. The number of anilines is 1. The maximum Gasteiger partial charge on any atom is 0.0855 e. The van der Waals surface area contributed by atoms with Crippen molar-refractivity contribution in [2.75, 3.05) is 18.0 Å². The molecule has 4 aromatic rings. The van der Waals surface area contributed by atoms with Gasteiger partial charge in [0.25, 0.3) is 0 Å². The standard InChI is InChI=1S/C31H31ClN2/c1-4-34(21-20-24-8-6-5-7-9-24)30-22-27(16-19-29(30)33-3)31(25-12-10-23(2)11-13-25)26-14-17-28(32)18-15-26/h5-19,22,31H,3-4,20-21H2,1-2H3. The van der Waals surface area contributed by atoms with Crippen molar-refractivity contribution < 1.29 is 0 Å². The van der Waals surface area contributed by atoms with Gasteiger partial charge in [-0.3, -0.25) is 4.99 Å². The van der Waals surface area contributed by atoms with Crippen molar-refractivity contribution in [2.45, 2.75) is 26.2 Å². The van der Waals surface area contributed by atoms with E-state index in [1.807, 2.05) is 12.1 Å². The van der Waals surface area contributed by atoms with Crippen molar-refractivity contribution in [3.63, 3.8) is 0 Å². The molecule has 34 heavy (non-hydrogen) atoms. The third-order valence-electron chi connectivity index (χ3n) is 6.35. The molecule has 0 saturated heterocycles. The zero-order valence-corrected chi connectivity index (χ0v) is 20.7. The van der Waals surface area contributed by atoms with Gasteiger partial charge in [-0.25, -0.2) is 0 Å². The van der Waals surface area contributed by atoms with Crippen LogP contribution in [0.2, 0.25) is 5.02 Å². The lowest BCUT2D eigenvalue weighted by Crippen LogP contribution is -2.25. The van der Waals surface area contributed by atoms with E-state index in [4.69, 9.17) is 11.6 Å². The summed E-state index contributed by atoms with van der Waals surface area (Å²) in [5.74, 6) is 0.100. The SMILES string of the molecule is C=Nc1ccc(C(c2ccc(C)cc2)c2ccc(Cl)cc2)cc1N(CC)CCc1ccccc1. The third-order valence-corrected chi connectivity index (χ3v) is 6.60. The van der Waals surface area contributed by atoms with Crippen LogP contribution < -0.4 is 4.90 Å². The first kappa shape index (κ1) is 23.8. The Labute approximate surface area is 208 Å². The number of aryl methyl sites for hydroxylation is 1. The summed E-state index contributed by atoms with van der Waals surface area (Å²) in [6.07, 6.45) is 0.980. The molecule has 0 heterocycles. The molecule has 0 spiro atoms. The Morgan fingerprint density at radius 1 is 0.824 bits per heavy atom. The molecule has 172 valence electrons. The molecule has 0 N–H and O–H groups in total. The van der Waals surface area contributed by atoms with E-state index < -0.39 is 0 Å². The fourth-order valence-electron chi connectivity index (χ4n) is 4.46. The fourth-order valence-corrected chi connectivity index (χ4v) is 4.58. The van der Waals surface area contributed by atoms with Crippen molar-refractivity contribution in [2.24, 2.45) is 4.99 Å². The van der Waals surface area contributed by atoms with E-state index in [9.17, 15) is 0 Å². The van der Waals surface area contributed by atoms with Gasteiger partial charge in [-0.2, -0.15) is 0 Å². The van der Waals surface area contributed by atoms with Crippen LogP contribution in [0.25, 0.3) is 0 Å². The van der Waals surface area contributed by atoms with Crippen LogP contribution >= 0.6 is 11.6 Å². The zero-order valence-electron chi connectivity index (χ0n) is 19.9. The van der Waals surface area contributed by atoms with Crippen LogP contribution in [-0.4, -0.2) is 19.8 Å². The molecule has 4 aromatic carbocycles. The molecule has 1 unspecified atom stereocenters. The lowest BCUT2D eigenvalue weighted by molar-refractivity contribution is 0.807. The Hall–Kier alpha value is -3.36. The van der Waals surface area contributed by atoms with E-state index in [2.05, 4.69) is 115 Å². The first-order valence-electron chi connectivity index (χ1n) is 11.8. The number of rotatable bonds is 9. The van der Waals surface area contributed by atoms with Gasteiger partial charge in [0.1, 0.15) is 0 Å². The lowest BCUT2D eigenvalue weighted by atomic mass is 9.84. The van der Waals surface area contributed by atoms with Gasteiger partial charge in [0, 0.05) is 24.0 Å². The number of nitrogens with zero attached hydrogens (tertiary/aromatic N) is 2. The van der Waals surface area contributed by atoms with Crippen molar-refractivity contribution in [1.29, 1.82) is 0 Å². The van der Waals surface area contributed by atoms with Gasteiger partial charge in [-0.1, -0.05) is 90.0 Å². The molecule has 0 amide bonds. The second-order valence-corrected chi connectivity index (χ2v) is 9.05. The predicted molar refractivity (Wildman–Crippen MR) is 147 cm³/mol. The van der Waals surface area contributed by atoms with Gasteiger partial charge >= 0.3 is 0 Å². The molecule has 0 aliphatic heterocycles. The Morgan fingerprint density at radius 2 is 1.44 bits per heavy atom. The van der Waals surface area contributed by atoms with Crippen LogP contribution in [0.15, 0.2) is 102 Å². The monoisotopic (exact) mass is 466 g/mol. The first-order chi connectivity index (χ1) is 16.6. The molecule has 0 aliphatic carbocycles. The minimum atomic E-state index is 0.100. The normalized spacial score (nSPS) is 11.7. The highest BCUT2D eigenvalue weighted by Crippen LogP contribution is 2.38. The summed E-state index contributed by atoms with van der Waals surface area (Å²) in [6.45, 7) is 9.98. The Balaban J connectivity index is 1.74. The van der Waals surface area contributed by atoms with E-state index in [1.165, 1.54) is 27.8 Å². The first-order valence-corrected chi connectivity index (χ1v) is 12.2. The summed E-state index contributed by atoms with van der Waals surface area (Å²) < 4.78 is 0. The van der Waals surface area contributed by atoms with Crippen LogP contribution in [0.3, 0.4) is 0 Å². The zero-order chi connectivity index (χ0) is 23.9. The molecule has 0 aliphatic rings. The quantitative estimate of drug-likeness (QED) is 0.179. The van der Waals surface area contributed by atoms with Crippen LogP contribution in [0, 0.1) is 6.92 Å². The minimum Gasteiger partial charge on any atom is -0.370 e. The van der Waals surface area contributed by atoms with E-state index in [-0.39, 0.29) is 5.92 Å². The maximum absolute atomic E-state index is 6.21.